The molecule has 0 unspecified atom stereocenters. The van der Waals surface area contributed by atoms with E-state index in [1.54, 1.807) is 12.1 Å². The quantitative estimate of drug-likeness (QED) is 0.868. The number of hydrazone groups is 1. The van der Waals surface area contributed by atoms with Crippen LogP contribution in [0.1, 0.15) is 23.1 Å². The van der Waals surface area contributed by atoms with Gasteiger partial charge in [-0.05, 0) is 35.2 Å². The predicted molar refractivity (Wildman–Crippen MR) is 78.6 cm³/mol. The number of furan rings is 1. The number of rotatable bonds is 3. The fraction of sp³-hybridized carbons (Fsp3) is 0.250. The van der Waals surface area contributed by atoms with Crippen LogP contribution < -0.4 is 0 Å². The van der Waals surface area contributed by atoms with Crippen molar-refractivity contribution in [1.29, 1.82) is 0 Å². The van der Waals surface area contributed by atoms with Gasteiger partial charge in [0.05, 0.1) is 16.8 Å². The van der Waals surface area contributed by atoms with E-state index in [1.807, 2.05) is 17.5 Å². The summed E-state index contributed by atoms with van der Waals surface area (Å²) in [6.45, 7) is 0. The highest BCUT2D eigenvalue weighted by atomic mass is 35.5. The minimum atomic E-state index is -3.47. The van der Waals surface area contributed by atoms with Gasteiger partial charge in [-0.2, -0.15) is 9.52 Å². The second-order valence-electron chi connectivity index (χ2n) is 4.42. The summed E-state index contributed by atoms with van der Waals surface area (Å²) in [6, 6.07) is 6.62. The molecule has 0 radical (unpaired) electrons. The Morgan fingerprint density at radius 1 is 1.45 bits per heavy atom. The Balaban J connectivity index is 2.00. The summed E-state index contributed by atoms with van der Waals surface area (Å²) in [6.07, 6.45) is 1.60. The van der Waals surface area contributed by atoms with Gasteiger partial charge in [0.25, 0.3) is 0 Å². The third-order valence-electron chi connectivity index (χ3n) is 2.94. The molecular formula is C12H11ClN2O3S2. The van der Waals surface area contributed by atoms with Crippen LogP contribution in [-0.2, 0) is 10.0 Å². The van der Waals surface area contributed by atoms with Crippen LogP contribution in [0.3, 0.4) is 0 Å². The molecule has 2 aromatic heterocycles. The number of halogens is 1. The zero-order valence-electron chi connectivity index (χ0n) is 10.5. The summed E-state index contributed by atoms with van der Waals surface area (Å²) >= 11 is 7.29. The van der Waals surface area contributed by atoms with E-state index in [-0.39, 0.29) is 5.22 Å². The lowest BCUT2D eigenvalue weighted by atomic mass is 10.1. The Bertz CT molecular complexity index is 750. The summed E-state index contributed by atoms with van der Waals surface area (Å²) in [5.41, 5.74) is 0.739. The van der Waals surface area contributed by atoms with Gasteiger partial charge in [-0.25, -0.2) is 8.42 Å². The Kier molecular flexibility index (Phi) is 3.35. The van der Waals surface area contributed by atoms with Gasteiger partial charge in [-0.15, -0.1) is 11.3 Å². The van der Waals surface area contributed by atoms with Crippen LogP contribution in [-0.4, -0.2) is 24.8 Å². The van der Waals surface area contributed by atoms with Crippen molar-refractivity contribution >= 4 is 38.7 Å². The van der Waals surface area contributed by atoms with Crippen LogP contribution in [0, 0.1) is 0 Å². The second-order valence-corrected chi connectivity index (χ2v) is 7.58. The van der Waals surface area contributed by atoms with E-state index in [1.165, 1.54) is 11.3 Å². The van der Waals surface area contributed by atoms with E-state index >= 15 is 0 Å². The summed E-state index contributed by atoms with van der Waals surface area (Å²) in [4.78, 5) is 0.957. The molecule has 0 N–H and O–H groups in total. The minimum Gasteiger partial charge on any atom is -0.447 e. The van der Waals surface area contributed by atoms with Crippen molar-refractivity contribution in [3.05, 3.63) is 45.5 Å². The smallest absolute Gasteiger partial charge is 0.247 e. The fourth-order valence-corrected chi connectivity index (χ4v) is 3.87. The van der Waals surface area contributed by atoms with Crippen LogP contribution in [0.15, 0.2) is 39.2 Å². The Morgan fingerprint density at radius 2 is 2.25 bits per heavy atom. The molecule has 8 heteroatoms. The average molecular weight is 331 g/mol. The molecule has 0 saturated carbocycles. The van der Waals surface area contributed by atoms with Gasteiger partial charge in [-0.3, -0.25) is 0 Å². The van der Waals surface area contributed by atoms with Crippen molar-refractivity contribution in [3.63, 3.8) is 0 Å². The van der Waals surface area contributed by atoms with Gasteiger partial charge >= 0.3 is 0 Å². The summed E-state index contributed by atoms with van der Waals surface area (Å²) < 4.78 is 30.2. The molecule has 20 heavy (non-hydrogen) atoms. The Labute approximate surface area is 125 Å². The topological polar surface area (TPSA) is 62.9 Å². The van der Waals surface area contributed by atoms with Crippen LogP contribution in [0.2, 0.25) is 5.22 Å². The SMILES string of the molecule is CS(=O)(=O)N1N=C(c2cccs2)C[C@@H]1c1ccc(Cl)o1. The molecule has 2 aromatic rings. The van der Waals surface area contributed by atoms with Crippen LogP contribution in [0.25, 0.3) is 0 Å². The number of nitrogens with zero attached hydrogens (tertiary/aromatic N) is 2. The standard InChI is InChI=1S/C12H11ClN2O3S2/c1-20(16,17)15-9(10-4-5-12(13)18-10)7-8(14-15)11-3-2-6-19-11/h2-6,9H,7H2,1H3/t9-/m1/s1. The maximum absolute atomic E-state index is 11.9. The third-order valence-corrected chi connectivity index (χ3v) is 5.08. The molecule has 1 atom stereocenters. The first-order valence-electron chi connectivity index (χ1n) is 5.81. The molecule has 3 heterocycles. The lowest BCUT2D eigenvalue weighted by Gasteiger charge is -2.18. The lowest BCUT2D eigenvalue weighted by Crippen LogP contribution is -2.25. The van der Waals surface area contributed by atoms with E-state index in [0.717, 1.165) is 21.3 Å². The van der Waals surface area contributed by atoms with Crippen molar-refractivity contribution in [3.8, 4) is 0 Å². The van der Waals surface area contributed by atoms with Gasteiger partial charge in [0.1, 0.15) is 11.8 Å². The van der Waals surface area contributed by atoms with Crippen LogP contribution in [0.4, 0.5) is 0 Å². The molecule has 0 amide bonds. The molecule has 0 saturated heterocycles. The zero-order valence-corrected chi connectivity index (χ0v) is 12.9. The summed E-state index contributed by atoms with van der Waals surface area (Å²) in [7, 11) is -3.47. The van der Waals surface area contributed by atoms with Crippen LogP contribution >= 0.6 is 22.9 Å². The monoisotopic (exact) mass is 330 g/mol. The van der Waals surface area contributed by atoms with Crippen molar-refractivity contribution < 1.29 is 12.8 Å². The molecule has 5 nitrogen and oxygen atoms in total. The molecule has 106 valence electrons. The van der Waals surface area contributed by atoms with Gasteiger partial charge in [0.2, 0.25) is 10.0 Å². The average Bonchev–Trinajstić information content (AvgIpc) is 3.06. The molecule has 1 aliphatic heterocycles. The second kappa shape index (κ2) is 4.91. The van der Waals surface area contributed by atoms with Crippen molar-refractivity contribution in [2.24, 2.45) is 5.10 Å². The highest BCUT2D eigenvalue weighted by Gasteiger charge is 2.36. The maximum Gasteiger partial charge on any atom is 0.247 e. The maximum atomic E-state index is 11.9. The first kappa shape index (κ1) is 13.7. The number of thiophene rings is 1. The highest BCUT2D eigenvalue weighted by Crippen LogP contribution is 2.36. The summed E-state index contributed by atoms with van der Waals surface area (Å²) in [5.74, 6) is 0.496. The van der Waals surface area contributed by atoms with Crippen molar-refractivity contribution in [2.75, 3.05) is 6.26 Å². The van der Waals surface area contributed by atoms with E-state index in [2.05, 4.69) is 5.10 Å². The lowest BCUT2D eigenvalue weighted by molar-refractivity contribution is 0.322. The van der Waals surface area contributed by atoms with E-state index in [4.69, 9.17) is 16.0 Å². The number of hydrogen-bond donors (Lipinski definition) is 0. The molecule has 1 aliphatic rings. The highest BCUT2D eigenvalue weighted by molar-refractivity contribution is 7.88. The molecule has 3 rings (SSSR count). The molecule has 0 aliphatic carbocycles. The van der Waals surface area contributed by atoms with E-state index in [0.29, 0.717) is 12.2 Å². The molecule has 0 fully saturated rings. The number of hydrogen-bond acceptors (Lipinski definition) is 5. The van der Waals surface area contributed by atoms with Gasteiger partial charge < -0.3 is 4.42 Å². The zero-order chi connectivity index (χ0) is 14.3. The van der Waals surface area contributed by atoms with Crippen molar-refractivity contribution in [2.45, 2.75) is 12.5 Å². The fourth-order valence-electron chi connectivity index (χ4n) is 2.11. The predicted octanol–water partition coefficient (Wildman–Crippen LogP) is 3.11. The Morgan fingerprint density at radius 3 is 2.80 bits per heavy atom. The minimum absolute atomic E-state index is 0.234. The van der Waals surface area contributed by atoms with Gasteiger partial charge in [-0.1, -0.05) is 6.07 Å². The Hall–Kier alpha value is -1.31. The van der Waals surface area contributed by atoms with Crippen LogP contribution in [0.5, 0.6) is 0 Å². The van der Waals surface area contributed by atoms with E-state index in [9.17, 15) is 8.42 Å². The molecule has 0 bridgehead atoms. The molecule has 0 spiro atoms. The summed E-state index contributed by atoms with van der Waals surface area (Å²) in [5, 5.41) is 6.40. The van der Waals surface area contributed by atoms with E-state index < -0.39 is 16.1 Å². The molecule has 0 aromatic carbocycles. The number of sulfonamides is 1. The first-order valence-corrected chi connectivity index (χ1v) is 8.92. The largest absolute Gasteiger partial charge is 0.447 e. The normalized spacial score (nSPS) is 19.4. The van der Waals surface area contributed by atoms with Crippen molar-refractivity contribution in [1.82, 2.24) is 4.41 Å². The third kappa shape index (κ3) is 2.48. The first-order chi connectivity index (χ1) is 9.45. The van der Waals surface area contributed by atoms with Gasteiger partial charge in [0, 0.05) is 6.42 Å². The van der Waals surface area contributed by atoms with Gasteiger partial charge in [0.15, 0.2) is 5.22 Å². The molecular weight excluding hydrogens is 320 g/mol.